The Hall–Kier alpha value is -2.32. The van der Waals surface area contributed by atoms with E-state index in [2.05, 4.69) is 54.4 Å². The van der Waals surface area contributed by atoms with Crippen LogP contribution >= 0.6 is 11.3 Å². The van der Waals surface area contributed by atoms with Gasteiger partial charge in [-0.2, -0.15) is 0 Å². The van der Waals surface area contributed by atoms with Crippen molar-refractivity contribution in [3.8, 4) is 0 Å². The van der Waals surface area contributed by atoms with Crippen molar-refractivity contribution in [2.75, 3.05) is 5.32 Å². The molecule has 1 aromatic heterocycles. The second-order valence-corrected chi connectivity index (χ2v) is 5.96. The highest BCUT2D eigenvalue weighted by molar-refractivity contribution is 7.25. The first-order valence-electron chi connectivity index (χ1n) is 6.57. The van der Waals surface area contributed by atoms with Crippen molar-refractivity contribution in [1.82, 2.24) is 0 Å². The molecule has 0 atom stereocenters. The number of hydrogen-bond donors (Lipinski definition) is 1. The van der Waals surface area contributed by atoms with E-state index in [1.54, 1.807) is 0 Å². The first-order valence-corrected chi connectivity index (χ1v) is 7.39. The van der Waals surface area contributed by atoms with Crippen LogP contribution in [0.3, 0.4) is 0 Å². The maximum Gasteiger partial charge on any atom is 0.0466 e. The molecule has 96 valence electrons. The van der Waals surface area contributed by atoms with Gasteiger partial charge in [0.15, 0.2) is 0 Å². The van der Waals surface area contributed by atoms with Crippen molar-refractivity contribution in [3.05, 3.63) is 73.0 Å². The van der Waals surface area contributed by atoms with Gasteiger partial charge in [0, 0.05) is 37.6 Å². The monoisotopic (exact) mass is 275 g/mol. The summed E-state index contributed by atoms with van der Waals surface area (Å²) in [6.45, 7) is 4.16. The lowest BCUT2D eigenvalue weighted by molar-refractivity contribution is 1.56. The minimum absolute atomic E-state index is 1.04. The van der Waals surface area contributed by atoms with Gasteiger partial charge >= 0.3 is 0 Å². The molecule has 3 aromatic rings. The second-order valence-electron chi connectivity index (χ2n) is 4.88. The fourth-order valence-electron chi connectivity index (χ4n) is 2.61. The average molecular weight is 275 g/mol. The average Bonchev–Trinajstić information content (AvgIpc) is 2.81. The Bertz CT molecular complexity index is 896. The summed E-state index contributed by atoms with van der Waals surface area (Å²) in [4.78, 5) is 0. The van der Waals surface area contributed by atoms with Gasteiger partial charge in [0.1, 0.15) is 0 Å². The van der Waals surface area contributed by atoms with Gasteiger partial charge in [0.2, 0.25) is 0 Å². The van der Waals surface area contributed by atoms with Crippen LogP contribution in [0.25, 0.3) is 25.7 Å². The molecule has 1 nitrogen and oxygen atoms in total. The fourth-order valence-corrected chi connectivity index (χ4v) is 3.74. The molecule has 0 saturated heterocycles. The maximum atomic E-state index is 4.16. The summed E-state index contributed by atoms with van der Waals surface area (Å²) >= 11 is 1.84. The lowest BCUT2D eigenvalue weighted by Crippen LogP contribution is -1.94. The molecule has 2 heteroatoms. The molecule has 1 N–H and O–H groups in total. The van der Waals surface area contributed by atoms with Crippen molar-refractivity contribution in [3.63, 3.8) is 0 Å². The predicted octanol–water partition coefficient (Wildman–Crippen LogP) is 5.56. The molecule has 0 bridgehead atoms. The summed E-state index contributed by atoms with van der Waals surface area (Å²) in [5.41, 5.74) is 3.33. The van der Waals surface area contributed by atoms with Gasteiger partial charge in [-0.1, -0.05) is 36.9 Å². The van der Waals surface area contributed by atoms with E-state index in [1.165, 1.54) is 25.7 Å². The van der Waals surface area contributed by atoms with Crippen molar-refractivity contribution < 1.29 is 0 Å². The standard InChI is InChI=1S/C18H13NS/c1-12-6-4-5-9-19-16-10-15-13-7-2-3-8-17(13)20-18(15)11-14(12)16/h2-11,19H,1H2/b6-4-,9-5-. The minimum Gasteiger partial charge on any atom is -0.361 e. The van der Waals surface area contributed by atoms with Crippen LogP contribution in [0.4, 0.5) is 5.69 Å². The number of fused-ring (bicyclic) bond motifs is 4. The summed E-state index contributed by atoms with van der Waals surface area (Å²) in [6.07, 6.45) is 8.01. The molecular formula is C18H13NS. The fraction of sp³-hybridized carbons (Fsp3) is 0. The Morgan fingerprint density at radius 1 is 0.950 bits per heavy atom. The van der Waals surface area contributed by atoms with Crippen LogP contribution in [-0.2, 0) is 0 Å². The number of thiophene rings is 1. The van der Waals surface area contributed by atoms with Gasteiger partial charge < -0.3 is 5.32 Å². The van der Waals surface area contributed by atoms with Crippen LogP contribution in [0.2, 0.25) is 0 Å². The van der Waals surface area contributed by atoms with Gasteiger partial charge in [-0.25, -0.2) is 0 Å². The van der Waals surface area contributed by atoms with Crippen LogP contribution in [0.5, 0.6) is 0 Å². The molecular weight excluding hydrogens is 262 g/mol. The largest absolute Gasteiger partial charge is 0.361 e. The molecule has 20 heavy (non-hydrogen) atoms. The van der Waals surface area contributed by atoms with Crippen molar-refractivity contribution in [1.29, 1.82) is 0 Å². The third-order valence-corrected chi connectivity index (χ3v) is 4.74. The lowest BCUT2D eigenvalue weighted by atomic mass is 10.0. The van der Waals surface area contributed by atoms with Crippen LogP contribution in [0.15, 0.2) is 67.4 Å². The Labute approximate surface area is 121 Å². The quantitative estimate of drug-likeness (QED) is 0.566. The molecule has 4 rings (SSSR count). The topological polar surface area (TPSA) is 12.0 Å². The molecule has 0 amide bonds. The molecule has 2 heterocycles. The van der Waals surface area contributed by atoms with E-state index in [1.807, 2.05) is 29.7 Å². The lowest BCUT2D eigenvalue weighted by Gasteiger charge is -2.12. The zero-order chi connectivity index (χ0) is 13.5. The van der Waals surface area contributed by atoms with Crippen LogP contribution in [0.1, 0.15) is 5.56 Å². The molecule has 0 saturated carbocycles. The number of anilines is 1. The van der Waals surface area contributed by atoms with E-state index in [0.717, 1.165) is 11.3 Å². The smallest absolute Gasteiger partial charge is 0.0466 e. The molecule has 0 unspecified atom stereocenters. The first kappa shape index (κ1) is 11.5. The van der Waals surface area contributed by atoms with Gasteiger partial charge in [-0.05, 0) is 29.8 Å². The number of allylic oxidation sites excluding steroid dienone is 4. The van der Waals surface area contributed by atoms with Crippen LogP contribution < -0.4 is 5.32 Å². The Kier molecular flexibility index (Phi) is 2.51. The second kappa shape index (κ2) is 4.36. The predicted molar refractivity (Wildman–Crippen MR) is 90.3 cm³/mol. The highest BCUT2D eigenvalue weighted by Crippen LogP contribution is 2.38. The molecule has 0 fully saturated rings. The third-order valence-electron chi connectivity index (χ3n) is 3.61. The summed E-state index contributed by atoms with van der Waals surface area (Å²) in [5.74, 6) is 0. The number of rotatable bonds is 0. The molecule has 0 radical (unpaired) electrons. The minimum atomic E-state index is 1.04. The molecule has 1 aliphatic rings. The molecule has 2 aromatic carbocycles. The summed E-state index contributed by atoms with van der Waals surface area (Å²) in [6, 6.07) is 13.0. The van der Waals surface area contributed by atoms with Gasteiger partial charge in [0.05, 0.1) is 0 Å². The first-order chi connectivity index (χ1) is 9.83. The Balaban J connectivity index is 2.08. The van der Waals surface area contributed by atoms with E-state index < -0.39 is 0 Å². The normalized spacial score (nSPS) is 17.3. The van der Waals surface area contributed by atoms with Crippen molar-refractivity contribution in [2.24, 2.45) is 0 Å². The van der Waals surface area contributed by atoms with E-state index in [0.29, 0.717) is 0 Å². The van der Waals surface area contributed by atoms with Crippen molar-refractivity contribution >= 4 is 42.8 Å². The Morgan fingerprint density at radius 3 is 2.80 bits per heavy atom. The van der Waals surface area contributed by atoms with E-state index in [9.17, 15) is 0 Å². The molecule has 0 spiro atoms. The molecule has 0 aliphatic carbocycles. The Morgan fingerprint density at radius 2 is 1.85 bits per heavy atom. The molecule has 1 aliphatic heterocycles. The highest BCUT2D eigenvalue weighted by atomic mass is 32.1. The van der Waals surface area contributed by atoms with Gasteiger partial charge in [-0.15, -0.1) is 11.3 Å². The van der Waals surface area contributed by atoms with Crippen LogP contribution in [0, 0.1) is 0 Å². The zero-order valence-electron chi connectivity index (χ0n) is 10.9. The number of nitrogens with one attached hydrogen (secondary N) is 1. The zero-order valence-corrected chi connectivity index (χ0v) is 11.7. The SMILES string of the molecule is C=C1/C=C\C=C/Nc2cc3c(cc21)sc1ccccc13. The summed E-state index contributed by atoms with van der Waals surface area (Å²) < 4.78 is 2.64. The maximum absolute atomic E-state index is 4.16. The third kappa shape index (κ3) is 1.69. The van der Waals surface area contributed by atoms with Crippen molar-refractivity contribution in [2.45, 2.75) is 0 Å². The van der Waals surface area contributed by atoms with Gasteiger partial charge in [0.25, 0.3) is 0 Å². The number of hydrogen-bond acceptors (Lipinski definition) is 2. The van der Waals surface area contributed by atoms with Crippen LogP contribution in [-0.4, -0.2) is 0 Å². The highest BCUT2D eigenvalue weighted by Gasteiger charge is 2.11. The summed E-state index contributed by atoms with van der Waals surface area (Å²) in [7, 11) is 0. The van der Waals surface area contributed by atoms with E-state index in [-0.39, 0.29) is 0 Å². The number of benzene rings is 2. The summed E-state index contributed by atoms with van der Waals surface area (Å²) in [5, 5.41) is 5.99. The van der Waals surface area contributed by atoms with E-state index >= 15 is 0 Å². The van der Waals surface area contributed by atoms with Gasteiger partial charge in [-0.3, -0.25) is 0 Å². The van der Waals surface area contributed by atoms with E-state index in [4.69, 9.17) is 0 Å².